The van der Waals surface area contributed by atoms with Gasteiger partial charge in [-0.2, -0.15) is 4.98 Å². The van der Waals surface area contributed by atoms with Gasteiger partial charge >= 0.3 is 0 Å². The Morgan fingerprint density at radius 1 is 0.941 bits per heavy atom. The summed E-state index contributed by atoms with van der Waals surface area (Å²) in [5.41, 5.74) is 4.90. The number of carbonyl (C=O) groups excluding carboxylic acids is 1. The third-order valence-electron chi connectivity index (χ3n) is 12.6. The number of fused-ring (bicyclic) bond motifs is 1. The molecule has 2 N–H and O–H groups in total. The number of nitrogens with one attached hydrogen (secondary N) is 2. The van der Waals surface area contributed by atoms with Crippen LogP contribution in [0.3, 0.4) is 0 Å². The molecule has 0 spiro atoms. The van der Waals surface area contributed by atoms with Crippen LogP contribution in [-0.4, -0.2) is 65.2 Å². The molecule has 266 valence electrons. The lowest BCUT2D eigenvalue weighted by atomic mass is 9.49. The van der Waals surface area contributed by atoms with Gasteiger partial charge in [-0.15, -0.1) is 0 Å². The van der Waals surface area contributed by atoms with Crippen LogP contribution in [0.2, 0.25) is 0 Å². The molecule has 4 bridgehead atoms. The first-order chi connectivity index (χ1) is 24.8. The van der Waals surface area contributed by atoms with Crippen molar-refractivity contribution in [3.8, 4) is 11.4 Å². The second-order valence-electron chi connectivity index (χ2n) is 16.3. The van der Waals surface area contributed by atoms with E-state index in [1.807, 2.05) is 37.3 Å². The Labute approximate surface area is 299 Å². The highest BCUT2D eigenvalue weighted by atomic mass is 16.5. The average molecular weight is 688 g/mol. The van der Waals surface area contributed by atoms with Gasteiger partial charge in [-0.25, -0.2) is 4.98 Å². The Morgan fingerprint density at radius 2 is 1.69 bits per heavy atom. The minimum absolute atomic E-state index is 0.0201. The molecule has 10 rings (SSSR count). The van der Waals surface area contributed by atoms with Crippen LogP contribution < -0.4 is 25.8 Å². The van der Waals surface area contributed by atoms with Crippen LogP contribution in [0.25, 0.3) is 16.7 Å². The van der Waals surface area contributed by atoms with Crippen LogP contribution >= 0.6 is 0 Å². The number of aryl methyl sites for hydroxylation is 1. The molecule has 2 aromatic heterocycles. The highest BCUT2D eigenvalue weighted by molar-refractivity contribution is 5.94. The molecular formula is C41H49N7O3. The number of anilines is 4. The first-order valence-corrected chi connectivity index (χ1v) is 19.0. The maximum atomic E-state index is 13.4. The van der Waals surface area contributed by atoms with Crippen molar-refractivity contribution in [3.63, 3.8) is 0 Å². The first kappa shape index (κ1) is 32.5. The number of ether oxygens (including phenoxy) is 1. The summed E-state index contributed by atoms with van der Waals surface area (Å²) in [5.74, 6) is 4.24. The van der Waals surface area contributed by atoms with Crippen LogP contribution in [0, 0.1) is 36.0 Å². The summed E-state index contributed by atoms with van der Waals surface area (Å²) in [4.78, 5) is 40.5. The molecule has 10 heteroatoms. The Kier molecular flexibility index (Phi) is 8.25. The summed E-state index contributed by atoms with van der Waals surface area (Å²) in [5, 5.41) is 7.11. The summed E-state index contributed by atoms with van der Waals surface area (Å²) >= 11 is 0. The molecule has 4 aromatic rings. The van der Waals surface area contributed by atoms with Crippen molar-refractivity contribution in [1.29, 1.82) is 0 Å². The molecule has 1 saturated heterocycles. The highest BCUT2D eigenvalue weighted by Gasteiger charge is 2.50. The van der Waals surface area contributed by atoms with E-state index in [9.17, 15) is 9.59 Å². The van der Waals surface area contributed by atoms with Crippen LogP contribution in [-0.2, 0) is 4.79 Å². The van der Waals surface area contributed by atoms with E-state index in [0.29, 0.717) is 34.1 Å². The lowest BCUT2D eigenvalue weighted by Gasteiger charge is -2.57. The third-order valence-corrected chi connectivity index (χ3v) is 12.6. The average Bonchev–Trinajstić information content (AvgIpc) is 3.97. The summed E-state index contributed by atoms with van der Waals surface area (Å²) in [7, 11) is 1.68. The van der Waals surface area contributed by atoms with Gasteiger partial charge in [0.2, 0.25) is 11.9 Å². The molecule has 5 saturated carbocycles. The zero-order chi connectivity index (χ0) is 34.7. The molecule has 5 aliphatic carbocycles. The number of hydrogen-bond donors (Lipinski definition) is 2. The van der Waals surface area contributed by atoms with Gasteiger partial charge in [0, 0.05) is 67.2 Å². The van der Waals surface area contributed by atoms with Gasteiger partial charge in [-0.05, 0) is 130 Å². The Morgan fingerprint density at radius 3 is 2.39 bits per heavy atom. The zero-order valence-electron chi connectivity index (χ0n) is 29.9. The van der Waals surface area contributed by atoms with Crippen molar-refractivity contribution in [2.75, 3.05) is 55.4 Å². The summed E-state index contributed by atoms with van der Waals surface area (Å²) in [6.45, 7) is 7.34. The van der Waals surface area contributed by atoms with E-state index in [1.54, 1.807) is 23.9 Å². The van der Waals surface area contributed by atoms with Crippen molar-refractivity contribution in [2.45, 2.75) is 64.7 Å². The fourth-order valence-corrected chi connectivity index (χ4v) is 10.2. The number of benzene rings is 2. The van der Waals surface area contributed by atoms with Crippen molar-refractivity contribution >= 4 is 40.0 Å². The predicted octanol–water partition coefficient (Wildman–Crippen LogP) is 6.92. The van der Waals surface area contributed by atoms with E-state index in [0.717, 1.165) is 79.1 Å². The molecule has 0 unspecified atom stereocenters. The molecule has 1 aliphatic heterocycles. The molecule has 0 radical (unpaired) electrons. The zero-order valence-corrected chi connectivity index (χ0v) is 29.9. The summed E-state index contributed by atoms with van der Waals surface area (Å²) < 4.78 is 7.44. The van der Waals surface area contributed by atoms with E-state index < -0.39 is 0 Å². The second-order valence-corrected chi connectivity index (χ2v) is 16.3. The number of pyridine rings is 1. The van der Waals surface area contributed by atoms with Gasteiger partial charge in [-0.3, -0.25) is 19.1 Å². The van der Waals surface area contributed by atoms with Gasteiger partial charge in [0.1, 0.15) is 5.75 Å². The van der Waals surface area contributed by atoms with E-state index in [-0.39, 0.29) is 17.4 Å². The minimum atomic E-state index is -0.204. The first-order valence-electron chi connectivity index (χ1n) is 19.0. The van der Waals surface area contributed by atoms with E-state index in [1.165, 1.54) is 51.5 Å². The smallest absolute Gasteiger partial charge is 0.257 e. The Balaban J connectivity index is 0.890. The lowest BCUT2D eigenvalue weighted by Crippen LogP contribution is -2.50. The third kappa shape index (κ3) is 6.47. The largest absolute Gasteiger partial charge is 0.494 e. The maximum Gasteiger partial charge on any atom is 0.257 e. The normalized spacial score (nSPS) is 25.7. The van der Waals surface area contributed by atoms with Crippen LogP contribution in [0.1, 0.15) is 63.4 Å². The van der Waals surface area contributed by atoms with Crippen LogP contribution in [0.4, 0.5) is 23.0 Å². The van der Waals surface area contributed by atoms with Gasteiger partial charge in [0.15, 0.2) is 5.65 Å². The van der Waals surface area contributed by atoms with Gasteiger partial charge in [0.05, 0.1) is 18.5 Å². The van der Waals surface area contributed by atoms with Crippen LogP contribution in [0.15, 0.2) is 59.5 Å². The number of piperazine rings is 1. The lowest BCUT2D eigenvalue weighted by molar-refractivity contribution is -0.117. The van der Waals surface area contributed by atoms with Gasteiger partial charge in [0.25, 0.3) is 5.56 Å². The molecule has 3 heterocycles. The molecule has 1 amide bonds. The van der Waals surface area contributed by atoms with E-state index in [4.69, 9.17) is 9.72 Å². The number of amides is 1. The molecule has 10 nitrogen and oxygen atoms in total. The standard InChI is InChI=1S/C41H49N7O3/c1-26-16-37(49)48(33-5-3-4-31(20-33)43-39(50)30-6-7-30)38-34(26)25-42-40(45-38)44-35-9-8-32(21-36(35)51-2)47-14-12-46(13-15-47)11-10-41-22-27-17-28(23-41)19-29(18-27)24-41/h3-5,8-9,16,20-21,25,27-30H,6-7,10-15,17-19,22-24H2,1-2H3,(H,43,50)(H,42,44,45). The Bertz CT molecular complexity index is 1990. The van der Waals surface area contributed by atoms with Crippen molar-refractivity contribution in [3.05, 3.63) is 70.6 Å². The molecule has 0 atom stereocenters. The van der Waals surface area contributed by atoms with E-state index in [2.05, 4.69) is 37.6 Å². The number of rotatable bonds is 10. The molecular weight excluding hydrogens is 638 g/mol. The molecule has 6 aliphatic rings. The van der Waals surface area contributed by atoms with Crippen LogP contribution in [0.5, 0.6) is 5.75 Å². The number of carbonyl (C=O) groups is 1. The topological polar surface area (TPSA) is 105 Å². The fraction of sp³-hybridized carbons (Fsp3) is 0.512. The highest BCUT2D eigenvalue weighted by Crippen LogP contribution is 2.61. The van der Waals surface area contributed by atoms with Crippen molar-refractivity contribution in [2.24, 2.45) is 29.1 Å². The quantitative estimate of drug-likeness (QED) is 0.185. The molecule has 51 heavy (non-hydrogen) atoms. The summed E-state index contributed by atoms with van der Waals surface area (Å²) in [6, 6.07) is 15.2. The Hall–Kier alpha value is -4.44. The molecule has 2 aromatic carbocycles. The number of methoxy groups -OCH3 is 1. The second kappa shape index (κ2) is 13.0. The maximum absolute atomic E-state index is 13.4. The number of hydrogen-bond acceptors (Lipinski definition) is 8. The van der Waals surface area contributed by atoms with Gasteiger partial charge in [-0.1, -0.05) is 6.07 Å². The predicted molar refractivity (Wildman–Crippen MR) is 201 cm³/mol. The van der Waals surface area contributed by atoms with Gasteiger partial charge < -0.3 is 20.3 Å². The molecule has 6 fully saturated rings. The SMILES string of the molecule is COc1cc(N2CCN(CCC34CC5CC(CC(C5)C3)C4)CC2)ccc1Nc1ncc2c(C)cc(=O)n(-c3cccc(NC(=O)C4CC4)c3)c2n1. The fourth-order valence-electron chi connectivity index (χ4n) is 10.2. The van der Waals surface area contributed by atoms with E-state index >= 15 is 0 Å². The number of nitrogens with zero attached hydrogens (tertiary/aromatic N) is 5. The monoisotopic (exact) mass is 687 g/mol. The minimum Gasteiger partial charge on any atom is -0.494 e. The van der Waals surface area contributed by atoms with Crippen molar-refractivity contribution < 1.29 is 9.53 Å². The number of aromatic nitrogens is 3. The van der Waals surface area contributed by atoms with Crippen molar-refractivity contribution in [1.82, 2.24) is 19.4 Å². The summed E-state index contributed by atoms with van der Waals surface area (Å²) in [6.07, 6.45) is 14.0.